The molecule has 102 valence electrons. The highest BCUT2D eigenvalue weighted by atomic mass is 19.1. The first-order chi connectivity index (χ1) is 9.11. The van der Waals surface area contributed by atoms with Gasteiger partial charge in [0, 0.05) is 18.0 Å². The molecule has 0 saturated heterocycles. The number of aromatic nitrogens is 2. The summed E-state index contributed by atoms with van der Waals surface area (Å²) in [4.78, 5) is 6.23. The van der Waals surface area contributed by atoms with Gasteiger partial charge in [-0.3, -0.25) is 4.90 Å². The molecule has 1 aromatic carbocycles. The lowest BCUT2D eigenvalue weighted by Gasteiger charge is -2.23. The Labute approximate surface area is 112 Å². The van der Waals surface area contributed by atoms with Crippen LogP contribution in [-0.4, -0.2) is 22.1 Å². The molecular weight excluding hydrogens is 245 g/mol. The van der Waals surface area contributed by atoms with E-state index in [-0.39, 0.29) is 11.9 Å². The third-order valence-corrected chi connectivity index (χ3v) is 3.23. The summed E-state index contributed by atoms with van der Waals surface area (Å²) in [6, 6.07) is 6.74. The number of hydrogen-bond acceptors (Lipinski definition) is 4. The van der Waals surface area contributed by atoms with Crippen LogP contribution in [0.5, 0.6) is 0 Å². The van der Waals surface area contributed by atoms with Crippen molar-refractivity contribution in [2.45, 2.75) is 32.9 Å². The van der Waals surface area contributed by atoms with Crippen LogP contribution in [0.1, 0.15) is 37.2 Å². The van der Waals surface area contributed by atoms with Gasteiger partial charge in [0.25, 0.3) is 0 Å². The minimum absolute atomic E-state index is 0.0572. The molecule has 0 aliphatic heterocycles. The number of rotatable bonds is 5. The van der Waals surface area contributed by atoms with E-state index in [1.807, 2.05) is 31.9 Å². The minimum Gasteiger partial charge on any atom is -0.338 e. The van der Waals surface area contributed by atoms with E-state index in [0.29, 0.717) is 23.8 Å². The molecule has 1 aromatic heterocycles. The Balaban J connectivity index is 2.07. The average Bonchev–Trinajstić information content (AvgIpc) is 2.86. The van der Waals surface area contributed by atoms with Crippen molar-refractivity contribution in [3.63, 3.8) is 0 Å². The average molecular weight is 263 g/mol. The maximum atomic E-state index is 13.7. The van der Waals surface area contributed by atoms with Gasteiger partial charge in [-0.05, 0) is 20.0 Å². The topological polar surface area (TPSA) is 42.2 Å². The quantitative estimate of drug-likeness (QED) is 0.831. The molecule has 0 fully saturated rings. The highest BCUT2D eigenvalue weighted by Crippen LogP contribution is 2.22. The van der Waals surface area contributed by atoms with Gasteiger partial charge < -0.3 is 4.52 Å². The van der Waals surface area contributed by atoms with Crippen LogP contribution >= 0.6 is 0 Å². The van der Waals surface area contributed by atoms with Gasteiger partial charge in [-0.1, -0.05) is 30.3 Å². The van der Waals surface area contributed by atoms with Crippen molar-refractivity contribution in [2.24, 2.45) is 0 Å². The van der Waals surface area contributed by atoms with Crippen molar-refractivity contribution in [2.75, 3.05) is 7.05 Å². The maximum Gasteiger partial charge on any atom is 0.240 e. The molecule has 1 heterocycles. The van der Waals surface area contributed by atoms with E-state index in [1.54, 1.807) is 12.1 Å². The zero-order valence-corrected chi connectivity index (χ0v) is 11.4. The molecule has 2 aromatic rings. The molecule has 1 atom stereocenters. The third-order valence-electron chi connectivity index (χ3n) is 3.23. The van der Waals surface area contributed by atoms with Crippen LogP contribution in [0.15, 0.2) is 28.8 Å². The molecule has 0 aliphatic carbocycles. The van der Waals surface area contributed by atoms with Crippen molar-refractivity contribution in [1.82, 2.24) is 15.0 Å². The van der Waals surface area contributed by atoms with Crippen molar-refractivity contribution in [1.29, 1.82) is 0 Å². The van der Waals surface area contributed by atoms with E-state index in [0.717, 1.165) is 6.42 Å². The predicted molar refractivity (Wildman–Crippen MR) is 70.0 cm³/mol. The van der Waals surface area contributed by atoms with Gasteiger partial charge in [-0.25, -0.2) is 4.39 Å². The lowest BCUT2D eigenvalue weighted by atomic mass is 10.1. The summed E-state index contributed by atoms with van der Waals surface area (Å²) in [6.45, 7) is 4.43. The fourth-order valence-electron chi connectivity index (χ4n) is 1.90. The zero-order valence-electron chi connectivity index (χ0n) is 11.4. The standard InChI is InChI=1S/C14H18FN3O/c1-4-13-16-14(19-17-13)9-18(3)10(2)11-7-5-6-8-12(11)15/h5-8,10H,4,9H2,1-3H3. The molecule has 0 N–H and O–H groups in total. The van der Waals surface area contributed by atoms with Gasteiger partial charge in [-0.2, -0.15) is 4.98 Å². The van der Waals surface area contributed by atoms with E-state index >= 15 is 0 Å². The van der Waals surface area contributed by atoms with Crippen molar-refractivity contribution < 1.29 is 8.91 Å². The smallest absolute Gasteiger partial charge is 0.240 e. The largest absolute Gasteiger partial charge is 0.338 e. The summed E-state index contributed by atoms with van der Waals surface area (Å²) in [7, 11) is 1.91. The number of halogens is 1. The molecule has 4 nitrogen and oxygen atoms in total. The summed E-state index contributed by atoms with van der Waals surface area (Å²) < 4.78 is 18.9. The van der Waals surface area contributed by atoms with Crippen molar-refractivity contribution >= 4 is 0 Å². The Morgan fingerprint density at radius 3 is 2.74 bits per heavy atom. The van der Waals surface area contributed by atoms with Crippen LogP contribution in [-0.2, 0) is 13.0 Å². The molecule has 0 spiro atoms. The normalized spacial score (nSPS) is 12.9. The van der Waals surface area contributed by atoms with E-state index in [1.165, 1.54) is 6.07 Å². The van der Waals surface area contributed by atoms with E-state index in [2.05, 4.69) is 10.1 Å². The van der Waals surface area contributed by atoms with Gasteiger partial charge in [0.05, 0.1) is 6.54 Å². The summed E-state index contributed by atoms with van der Waals surface area (Å²) in [5, 5.41) is 3.85. The third kappa shape index (κ3) is 3.17. The Morgan fingerprint density at radius 1 is 1.37 bits per heavy atom. The Morgan fingerprint density at radius 2 is 2.11 bits per heavy atom. The highest BCUT2D eigenvalue weighted by Gasteiger charge is 2.17. The van der Waals surface area contributed by atoms with E-state index in [9.17, 15) is 4.39 Å². The molecule has 1 unspecified atom stereocenters. The summed E-state index contributed by atoms with van der Waals surface area (Å²) in [5.74, 6) is 1.06. The molecule has 0 aliphatic rings. The molecule has 2 rings (SSSR count). The van der Waals surface area contributed by atoms with Crippen molar-refractivity contribution in [3.8, 4) is 0 Å². The molecule has 0 bridgehead atoms. The SMILES string of the molecule is CCc1noc(CN(C)C(C)c2ccccc2F)n1. The minimum atomic E-state index is -0.193. The fraction of sp³-hybridized carbons (Fsp3) is 0.429. The Hall–Kier alpha value is -1.75. The number of benzene rings is 1. The van der Waals surface area contributed by atoms with Crippen LogP contribution in [0.2, 0.25) is 0 Å². The Bertz CT molecular complexity index is 541. The molecule has 19 heavy (non-hydrogen) atoms. The molecule has 0 saturated carbocycles. The number of aryl methyl sites for hydroxylation is 1. The van der Waals surface area contributed by atoms with Gasteiger partial charge in [0.2, 0.25) is 5.89 Å². The van der Waals surface area contributed by atoms with Crippen LogP contribution in [0.4, 0.5) is 4.39 Å². The van der Waals surface area contributed by atoms with Crippen LogP contribution < -0.4 is 0 Å². The zero-order chi connectivity index (χ0) is 13.8. The van der Waals surface area contributed by atoms with Crippen LogP contribution in [0.3, 0.4) is 0 Å². The lowest BCUT2D eigenvalue weighted by Crippen LogP contribution is -2.22. The monoisotopic (exact) mass is 263 g/mol. The van der Waals surface area contributed by atoms with Gasteiger partial charge in [0.15, 0.2) is 5.82 Å². The second kappa shape index (κ2) is 5.93. The molecular formula is C14H18FN3O. The second-order valence-electron chi connectivity index (χ2n) is 4.57. The van der Waals surface area contributed by atoms with Gasteiger partial charge in [0.1, 0.15) is 5.82 Å². The Kier molecular flexibility index (Phi) is 4.27. The fourth-order valence-corrected chi connectivity index (χ4v) is 1.90. The van der Waals surface area contributed by atoms with Gasteiger partial charge >= 0.3 is 0 Å². The predicted octanol–water partition coefficient (Wildman–Crippen LogP) is 2.96. The van der Waals surface area contributed by atoms with Crippen LogP contribution in [0.25, 0.3) is 0 Å². The molecule has 5 heteroatoms. The summed E-state index contributed by atoms with van der Waals surface area (Å²) in [6.07, 6.45) is 0.746. The van der Waals surface area contributed by atoms with E-state index < -0.39 is 0 Å². The number of hydrogen-bond donors (Lipinski definition) is 0. The molecule has 0 radical (unpaired) electrons. The van der Waals surface area contributed by atoms with Gasteiger partial charge in [-0.15, -0.1) is 0 Å². The van der Waals surface area contributed by atoms with E-state index in [4.69, 9.17) is 4.52 Å². The van der Waals surface area contributed by atoms with Crippen molar-refractivity contribution in [3.05, 3.63) is 47.4 Å². The molecule has 0 amide bonds. The summed E-state index contributed by atoms with van der Waals surface area (Å²) in [5.41, 5.74) is 0.667. The maximum absolute atomic E-state index is 13.7. The first kappa shape index (κ1) is 13.7. The van der Waals surface area contributed by atoms with Crippen LogP contribution in [0, 0.1) is 5.82 Å². The summed E-state index contributed by atoms with van der Waals surface area (Å²) >= 11 is 0. The first-order valence-corrected chi connectivity index (χ1v) is 6.38. The number of nitrogens with zero attached hydrogens (tertiary/aromatic N) is 3. The second-order valence-corrected chi connectivity index (χ2v) is 4.57. The lowest BCUT2D eigenvalue weighted by molar-refractivity contribution is 0.213. The first-order valence-electron chi connectivity index (χ1n) is 6.38. The highest BCUT2D eigenvalue weighted by molar-refractivity contribution is 5.20.